The van der Waals surface area contributed by atoms with Crippen molar-refractivity contribution in [2.45, 2.75) is 98.8 Å². The zero-order valence-electron chi connectivity index (χ0n) is 54.3. The van der Waals surface area contributed by atoms with Crippen LogP contribution in [0.15, 0.2) is 101 Å². The van der Waals surface area contributed by atoms with E-state index in [1.54, 1.807) is 27.7 Å². The van der Waals surface area contributed by atoms with E-state index in [4.69, 9.17) is 56.8 Å². The quantitative estimate of drug-likeness (QED) is 0.0374. The molecule has 26 nitrogen and oxygen atoms in total. The summed E-state index contributed by atoms with van der Waals surface area (Å²) in [5.74, 6) is -8.80. The predicted octanol–water partition coefficient (Wildman–Crippen LogP) is 6.16. The van der Waals surface area contributed by atoms with Gasteiger partial charge in [-0.25, -0.2) is 38.4 Å². The van der Waals surface area contributed by atoms with Crippen molar-refractivity contribution in [1.82, 2.24) is 9.80 Å². The van der Waals surface area contributed by atoms with Gasteiger partial charge >= 0.3 is 71.6 Å². The number of carbonyl (C=O) groups excluding carboxylic acids is 12. The van der Waals surface area contributed by atoms with Gasteiger partial charge in [-0.05, 0) is 51.0 Å². The van der Waals surface area contributed by atoms with Gasteiger partial charge in [0.05, 0.1) is 47.3 Å². The first kappa shape index (κ1) is 83.5. The van der Waals surface area contributed by atoms with Crippen LogP contribution < -0.4 is 0 Å². The van der Waals surface area contributed by atoms with Gasteiger partial charge in [0.2, 0.25) is 0 Å². The molecule has 0 bridgehead atoms. The first-order valence-electron chi connectivity index (χ1n) is 30.1. The fourth-order valence-corrected chi connectivity index (χ4v) is 8.04. The number of esters is 12. The van der Waals surface area contributed by atoms with E-state index in [1.165, 1.54) is 0 Å². The van der Waals surface area contributed by atoms with Gasteiger partial charge in [0.25, 0.3) is 0 Å². The van der Waals surface area contributed by atoms with E-state index in [-0.39, 0.29) is 163 Å². The number of rotatable bonds is 54. The van der Waals surface area contributed by atoms with Crippen molar-refractivity contribution >= 4 is 71.6 Å². The summed E-state index contributed by atoms with van der Waals surface area (Å²) in [7, 11) is 0. The Labute approximate surface area is 540 Å². The minimum Gasteiger partial charge on any atom is -0.465 e. The van der Waals surface area contributed by atoms with Gasteiger partial charge in [0, 0.05) is 81.3 Å². The molecule has 0 aromatic rings. The molecule has 0 saturated heterocycles. The topological polar surface area (TPSA) is 322 Å². The number of ether oxygens (including phenoxy) is 12. The lowest BCUT2D eigenvalue weighted by atomic mass is 9.88. The summed E-state index contributed by atoms with van der Waals surface area (Å²) in [4.78, 5) is 154. The highest BCUT2D eigenvalue weighted by Crippen LogP contribution is 2.29. The third-order valence-electron chi connectivity index (χ3n) is 14.9. The SMILES string of the molecule is C=CC(=O)OCC(CC)(COC(=O)C=C)COC(=O)CCN(CCCC(C)CN(CCC(=O)OCC(CC)(COC(=O)C=C)COC(=O)C=C)CCC(=O)OCC(CC)(COC(=O)C=C)COC(=O)C=C)CCC(=O)OCC(CC)(COC(=O)C=C)COC(=O)C=C. The van der Waals surface area contributed by atoms with Crippen molar-refractivity contribution in [1.29, 1.82) is 0 Å². The van der Waals surface area contributed by atoms with Crippen molar-refractivity contribution in [2.75, 3.05) is 119 Å². The second kappa shape index (κ2) is 46.5. The van der Waals surface area contributed by atoms with Crippen molar-refractivity contribution in [3.8, 4) is 0 Å². The molecular weight excluding hydrogens is 1200 g/mol. The molecule has 92 heavy (non-hydrogen) atoms. The van der Waals surface area contributed by atoms with Crippen molar-refractivity contribution in [2.24, 2.45) is 27.6 Å². The van der Waals surface area contributed by atoms with Crippen LogP contribution in [-0.4, -0.2) is 200 Å². The molecule has 0 radical (unpaired) electrons. The largest absolute Gasteiger partial charge is 0.465 e. The molecule has 514 valence electrons. The third-order valence-corrected chi connectivity index (χ3v) is 14.9. The lowest BCUT2D eigenvalue weighted by Gasteiger charge is -2.31. The van der Waals surface area contributed by atoms with Gasteiger partial charge in [0.1, 0.15) is 79.3 Å². The van der Waals surface area contributed by atoms with Crippen LogP contribution in [0.5, 0.6) is 0 Å². The summed E-state index contributed by atoms with van der Waals surface area (Å²) < 4.78 is 65.1. The Kier molecular flexibility index (Phi) is 42.2. The molecule has 0 saturated carbocycles. The minimum atomic E-state index is -1.14. The molecule has 26 heteroatoms. The minimum absolute atomic E-state index is 0.0656. The lowest BCUT2D eigenvalue weighted by molar-refractivity contribution is -0.161. The van der Waals surface area contributed by atoms with Crippen LogP contribution in [-0.2, 0) is 114 Å². The first-order chi connectivity index (χ1) is 43.7. The normalized spacial score (nSPS) is 11.6. The zero-order valence-corrected chi connectivity index (χ0v) is 54.3. The molecule has 0 heterocycles. The van der Waals surface area contributed by atoms with E-state index in [1.807, 2.05) is 16.7 Å². The Morgan fingerprint density at radius 3 is 0.674 bits per heavy atom. The van der Waals surface area contributed by atoms with Crippen LogP contribution in [0.2, 0.25) is 0 Å². The highest BCUT2D eigenvalue weighted by molar-refractivity contribution is 5.84. The number of nitrogens with zero attached hydrogens (tertiary/aromatic N) is 2. The molecule has 0 aromatic heterocycles. The Hall–Kier alpha value is -8.52. The summed E-state index contributed by atoms with van der Waals surface area (Å²) in [6.07, 6.45) is 8.89. The fraction of sp³-hybridized carbons (Fsp3) is 0.576. The Balaban J connectivity index is 6.90. The molecule has 0 aliphatic heterocycles. The fourth-order valence-electron chi connectivity index (χ4n) is 8.04. The summed E-state index contributed by atoms with van der Waals surface area (Å²) in [5.41, 5.74) is -4.54. The molecule has 0 N–H and O–H groups in total. The molecule has 0 rings (SSSR count). The van der Waals surface area contributed by atoms with Crippen LogP contribution in [0.25, 0.3) is 0 Å². The zero-order chi connectivity index (χ0) is 69.6. The number of carbonyl (C=O) groups is 12. The monoisotopic (exact) mass is 1300 g/mol. The smallest absolute Gasteiger partial charge is 0.330 e. The van der Waals surface area contributed by atoms with Gasteiger partial charge in [-0.15, -0.1) is 0 Å². The van der Waals surface area contributed by atoms with Crippen LogP contribution in [0, 0.1) is 27.6 Å². The maximum absolute atomic E-state index is 13.5. The highest BCUT2D eigenvalue weighted by Gasteiger charge is 2.38. The van der Waals surface area contributed by atoms with Gasteiger partial charge in [-0.3, -0.25) is 19.2 Å². The average molecular weight is 1300 g/mol. The van der Waals surface area contributed by atoms with Crippen LogP contribution in [0.1, 0.15) is 98.8 Å². The van der Waals surface area contributed by atoms with Crippen molar-refractivity contribution in [3.63, 3.8) is 0 Å². The molecule has 1 atom stereocenters. The van der Waals surface area contributed by atoms with E-state index >= 15 is 0 Å². The molecule has 1 unspecified atom stereocenters. The summed E-state index contributed by atoms with van der Waals surface area (Å²) in [6, 6.07) is 0. The molecule has 0 fully saturated rings. The molecule has 0 aliphatic carbocycles. The third kappa shape index (κ3) is 35.8. The van der Waals surface area contributed by atoms with Gasteiger partial charge in [-0.2, -0.15) is 0 Å². The van der Waals surface area contributed by atoms with E-state index in [2.05, 4.69) is 52.6 Å². The number of hydrogen-bond acceptors (Lipinski definition) is 26. The molecule has 0 spiro atoms. The Bertz CT molecular complexity index is 2260. The summed E-state index contributed by atoms with van der Waals surface area (Å²) in [6.45, 7) is 33.5. The average Bonchev–Trinajstić information content (AvgIpc) is 1.52. The van der Waals surface area contributed by atoms with Crippen molar-refractivity contribution < 1.29 is 114 Å². The van der Waals surface area contributed by atoms with Gasteiger partial charge in [0.15, 0.2) is 0 Å². The summed E-state index contributed by atoms with van der Waals surface area (Å²) >= 11 is 0. The second-order valence-corrected chi connectivity index (χ2v) is 21.9. The van der Waals surface area contributed by atoms with Crippen LogP contribution in [0.4, 0.5) is 0 Å². The highest BCUT2D eigenvalue weighted by atomic mass is 16.6. The predicted molar refractivity (Wildman–Crippen MR) is 334 cm³/mol. The Morgan fingerprint density at radius 2 is 0.489 bits per heavy atom. The molecular formula is C66H96N2O24. The lowest BCUT2D eigenvalue weighted by Crippen LogP contribution is -2.40. The number of hydrogen-bond donors (Lipinski definition) is 0. The maximum Gasteiger partial charge on any atom is 0.330 e. The summed E-state index contributed by atoms with van der Waals surface area (Å²) in [5, 5.41) is 0. The first-order valence-corrected chi connectivity index (χ1v) is 30.1. The van der Waals surface area contributed by atoms with Crippen molar-refractivity contribution in [3.05, 3.63) is 101 Å². The van der Waals surface area contributed by atoms with E-state index in [0.29, 0.717) is 25.9 Å². The van der Waals surface area contributed by atoms with E-state index < -0.39 is 93.3 Å². The van der Waals surface area contributed by atoms with Crippen LogP contribution >= 0.6 is 0 Å². The van der Waals surface area contributed by atoms with Gasteiger partial charge in [-0.1, -0.05) is 87.3 Å². The molecule has 0 amide bonds. The van der Waals surface area contributed by atoms with Crippen LogP contribution in [0.3, 0.4) is 0 Å². The Morgan fingerprint density at radius 1 is 0.304 bits per heavy atom. The van der Waals surface area contributed by atoms with E-state index in [9.17, 15) is 57.5 Å². The molecule has 0 aromatic carbocycles. The van der Waals surface area contributed by atoms with E-state index in [0.717, 1.165) is 48.6 Å². The molecule has 0 aliphatic rings. The maximum atomic E-state index is 13.5. The van der Waals surface area contributed by atoms with Gasteiger partial charge < -0.3 is 66.6 Å². The standard InChI is InChI=1S/C66H96N2O24/c1-14-51(69)81-38-63(22-9,39-82-52(70)15-2)46-89-59(77)28-33-67(34-29-60(78)90-47-64(23-10,40-83-53(71)16-3)41-84-54(72)17-4)32-26-27-50(13)37-68(35-30-61(79)91-48-65(24-11,42-85-55(73)18-5)43-86-56(74)19-6)36-31-62(80)92-49-66(25-12,44-87-57(75)20-7)45-88-58(76)21-8/h14-21,50H,1-8,22-49H2,9-13H3. The second-order valence-electron chi connectivity index (χ2n) is 21.9.